The van der Waals surface area contributed by atoms with Crippen LogP contribution in [-0.2, 0) is 4.79 Å². The second kappa shape index (κ2) is 6.74. The molecule has 7 nitrogen and oxygen atoms in total. The zero-order valence-electron chi connectivity index (χ0n) is 13.6. The molecule has 0 bridgehead atoms. The predicted octanol–water partition coefficient (Wildman–Crippen LogP) is 2.31. The molecule has 2 amide bonds. The van der Waals surface area contributed by atoms with E-state index in [-0.39, 0.29) is 11.8 Å². The summed E-state index contributed by atoms with van der Waals surface area (Å²) in [5.74, 6) is 0.0236. The minimum Gasteiger partial charge on any atom is -0.374 e. The summed E-state index contributed by atoms with van der Waals surface area (Å²) >= 11 is 0. The van der Waals surface area contributed by atoms with Crippen LogP contribution in [0, 0.1) is 6.92 Å². The van der Waals surface area contributed by atoms with Gasteiger partial charge in [-0.05, 0) is 51.0 Å². The molecule has 3 rings (SSSR count). The third-order valence-electron chi connectivity index (χ3n) is 3.71. The monoisotopic (exact) mass is 328 g/mol. The third-order valence-corrected chi connectivity index (χ3v) is 3.71. The summed E-state index contributed by atoms with van der Waals surface area (Å²) in [5, 5.41) is 12.4. The number of nitrogens with zero attached hydrogens (tertiary/aromatic N) is 1. The fourth-order valence-corrected chi connectivity index (χ4v) is 2.18. The standard InChI is InChI=1S/C17H20N4O3/c1-10-9-15(24-21-10)20-16(22)11(2)18-13-5-3-12(4-6-13)17(23)19-14-7-8-14/h3-6,9,11,14,18H,7-8H2,1-2H3,(H,19,23)(H,20,22). The van der Waals surface area contributed by atoms with Crippen LogP contribution in [0.2, 0.25) is 0 Å². The zero-order valence-corrected chi connectivity index (χ0v) is 13.6. The van der Waals surface area contributed by atoms with E-state index in [0.29, 0.717) is 23.2 Å². The Morgan fingerprint density at radius 2 is 1.96 bits per heavy atom. The fraction of sp³-hybridized carbons (Fsp3) is 0.353. The van der Waals surface area contributed by atoms with Gasteiger partial charge in [0.05, 0.1) is 5.69 Å². The lowest BCUT2D eigenvalue weighted by Crippen LogP contribution is -2.31. The molecule has 1 aliphatic carbocycles. The lowest BCUT2D eigenvalue weighted by atomic mass is 10.2. The molecule has 7 heteroatoms. The van der Waals surface area contributed by atoms with E-state index in [2.05, 4.69) is 21.1 Å². The summed E-state index contributed by atoms with van der Waals surface area (Å²) in [4.78, 5) is 24.0. The molecule has 0 saturated heterocycles. The van der Waals surface area contributed by atoms with Gasteiger partial charge in [0.25, 0.3) is 5.91 Å². The van der Waals surface area contributed by atoms with Gasteiger partial charge in [0.1, 0.15) is 6.04 Å². The van der Waals surface area contributed by atoms with Gasteiger partial charge < -0.3 is 15.2 Å². The number of rotatable bonds is 6. The first kappa shape index (κ1) is 16.0. The maximum absolute atomic E-state index is 12.1. The van der Waals surface area contributed by atoms with Crippen LogP contribution in [0.25, 0.3) is 0 Å². The van der Waals surface area contributed by atoms with E-state index >= 15 is 0 Å². The summed E-state index contributed by atoms with van der Waals surface area (Å²) in [6, 6.07) is 8.56. The molecule has 2 aromatic rings. The van der Waals surface area contributed by atoms with Crippen molar-refractivity contribution in [2.24, 2.45) is 0 Å². The number of carbonyl (C=O) groups is 2. The molecule has 1 aromatic heterocycles. The normalized spacial score (nSPS) is 14.8. The lowest BCUT2D eigenvalue weighted by molar-refractivity contribution is -0.116. The Morgan fingerprint density at radius 3 is 2.54 bits per heavy atom. The lowest BCUT2D eigenvalue weighted by Gasteiger charge is -2.14. The second-order valence-electron chi connectivity index (χ2n) is 6.01. The van der Waals surface area contributed by atoms with Crippen molar-refractivity contribution in [3.05, 3.63) is 41.6 Å². The van der Waals surface area contributed by atoms with E-state index in [4.69, 9.17) is 4.52 Å². The molecule has 126 valence electrons. The van der Waals surface area contributed by atoms with Gasteiger partial charge in [-0.3, -0.25) is 14.9 Å². The first-order valence-electron chi connectivity index (χ1n) is 7.93. The zero-order chi connectivity index (χ0) is 17.1. The second-order valence-corrected chi connectivity index (χ2v) is 6.01. The largest absolute Gasteiger partial charge is 0.374 e. The van der Waals surface area contributed by atoms with E-state index in [1.807, 2.05) is 0 Å². The number of amides is 2. The highest BCUT2D eigenvalue weighted by molar-refractivity contribution is 5.96. The molecule has 1 aliphatic rings. The van der Waals surface area contributed by atoms with Gasteiger partial charge in [-0.2, -0.15) is 0 Å². The van der Waals surface area contributed by atoms with Crippen molar-refractivity contribution in [3.8, 4) is 0 Å². The Morgan fingerprint density at radius 1 is 1.25 bits per heavy atom. The highest BCUT2D eigenvalue weighted by Crippen LogP contribution is 2.20. The summed E-state index contributed by atoms with van der Waals surface area (Å²) in [6.45, 7) is 3.52. The smallest absolute Gasteiger partial charge is 0.251 e. The molecule has 1 saturated carbocycles. The average molecular weight is 328 g/mol. The highest BCUT2D eigenvalue weighted by Gasteiger charge is 2.23. The summed E-state index contributed by atoms with van der Waals surface area (Å²) in [6.07, 6.45) is 2.12. The van der Waals surface area contributed by atoms with E-state index in [1.165, 1.54) is 0 Å². The van der Waals surface area contributed by atoms with Crippen LogP contribution >= 0.6 is 0 Å². The Labute approximate surface area is 139 Å². The Bertz CT molecular complexity index is 735. The van der Waals surface area contributed by atoms with Gasteiger partial charge >= 0.3 is 0 Å². The molecule has 0 spiro atoms. The van der Waals surface area contributed by atoms with Gasteiger partial charge in [0, 0.05) is 23.4 Å². The number of nitrogens with one attached hydrogen (secondary N) is 3. The molecule has 1 atom stereocenters. The molecule has 1 unspecified atom stereocenters. The van der Waals surface area contributed by atoms with Crippen molar-refractivity contribution in [2.45, 2.75) is 38.8 Å². The topological polar surface area (TPSA) is 96.3 Å². The van der Waals surface area contributed by atoms with Crippen LogP contribution in [0.5, 0.6) is 0 Å². The highest BCUT2D eigenvalue weighted by atomic mass is 16.5. The number of carbonyl (C=O) groups excluding carboxylic acids is 2. The van der Waals surface area contributed by atoms with Gasteiger partial charge in [0.2, 0.25) is 11.8 Å². The maximum atomic E-state index is 12.1. The van der Waals surface area contributed by atoms with Crippen LogP contribution in [0.15, 0.2) is 34.9 Å². The van der Waals surface area contributed by atoms with Gasteiger partial charge in [-0.25, -0.2) is 0 Å². The quantitative estimate of drug-likeness (QED) is 0.756. The van der Waals surface area contributed by atoms with E-state index in [1.54, 1.807) is 44.2 Å². The van der Waals surface area contributed by atoms with Gasteiger partial charge in [0.15, 0.2) is 0 Å². The van der Waals surface area contributed by atoms with E-state index < -0.39 is 6.04 Å². The average Bonchev–Trinajstić information content (AvgIpc) is 3.28. The first-order valence-corrected chi connectivity index (χ1v) is 7.93. The number of hydrogen-bond acceptors (Lipinski definition) is 5. The number of aryl methyl sites for hydroxylation is 1. The molecule has 1 aromatic carbocycles. The molecule has 0 aliphatic heterocycles. The van der Waals surface area contributed by atoms with Crippen molar-refractivity contribution in [1.29, 1.82) is 0 Å². The van der Waals surface area contributed by atoms with E-state index in [0.717, 1.165) is 18.5 Å². The number of anilines is 2. The molecule has 1 heterocycles. The Kier molecular flexibility index (Phi) is 4.50. The van der Waals surface area contributed by atoms with Crippen molar-refractivity contribution in [2.75, 3.05) is 10.6 Å². The van der Waals surface area contributed by atoms with Crippen molar-refractivity contribution < 1.29 is 14.1 Å². The third kappa shape index (κ3) is 4.13. The summed E-state index contributed by atoms with van der Waals surface area (Å²) in [7, 11) is 0. The summed E-state index contributed by atoms with van der Waals surface area (Å²) < 4.78 is 4.96. The molecule has 3 N–H and O–H groups in total. The Hall–Kier alpha value is -2.83. The van der Waals surface area contributed by atoms with Crippen molar-refractivity contribution in [1.82, 2.24) is 10.5 Å². The van der Waals surface area contributed by atoms with Crippen LogP contribution < -0.4 is 16.0 Å². The van der Waals surface area contributed by atoms with Gasteiger partial charge in [-0.15, -0.1) is 0 Å². The predicted molar refractivity (Wildman–Crippen MR) is 89.9 cm³/mol. The Balaban J connectivity index is 1.54. The number of benzene rings is 1. The minimum absolute atomic E-state index is 0.0597. The summed E-state index contributed by atoms with van der Waals surface area (Å²) in [5.41, 5.74) is 2.07. The van der Waals surface area contributed by atoms with Crippen LogP contribution in [0.3, 0.4) is 0 Å². The SMILES string of the molecule is Cc1cc(NC(=O)C(C)Nc2ccc(C(=O)NC3CC3)cc2)on1. The maximum Gasteiger partial charge on any atom is 0.251 e. The molecule has 0 radical (unpaired) electrons. The van der Waals surface area contributed by atoms with Crippen molar-refractivity contribution in [3.63, 3.8) is 0 Å². The van der Waals surface area contributed by atoms with E-state index in [9.17, 15) is 9.59 Å². The van der Waals surface area contributed by atoms with Gasteiger partial charge in [-0.1, -0.05) is 5.16 Å². The number of aromatic nitrogens is 1. The molecular weight excluding hydrogens is 308 g/mol. The van der Waals surface area contributed by atoms with Crippen LogP contribution in [-0.4, -0.2) is 29.1 Å². The van der Waals surface area contributed by atoms with Crippen LogP contribution in [0.1, 0.15) is 35.8 Å². The molecule has 24 heavy (non-hydrogen) atoms. The molecule has 1 fully saturated rings. The van der Waals surface area contributed by atoms with Crippen molar-refractivity contribution >= 4 is 23.4 Å². The number of hydrogen-bond donors (Lipinski definition) is 3. The fourth-order valence-electron chi connectivity index (χ4n) is 2.18. The van der Waals surface area contributed by atoms with Crippen LogP contribution in [0.4, 0.5) is 11.6 Å². The first-order chi connectivity index (χ1) is 11.5. The minimum atomic E-state index is -0.471. The molecular formula is C17H20N4O3.